The highest BCUT2D eigenvalue weighted by atomic mass is 32.2. The van der Waals surface area contributed by atoms with E-state index in [1.54, 1.807) is 0 Å². The molecule has 0 amide bonds. The van der Waals surface area contributed by atoms with Gasteiger partial charge in [0.15, 0.2) is 0 Å². The first-order chi connectivity index (χ1) is 8.26. The number of rotatable bonds is 4. The third-order valence-corrected chi connectivity index (χ3v) is 5.91. The molecule has 1 saturated carbocycles. The van der Waals surface area contributed by atoms with Crippen molar-refractivity contribution in [2.24, 2.45) is 0 Å². The van der Waals surface area contributed by atoms with E-state index in [4.69, 9.17) is 0 Å². The van der Waals surface area contributed by atoms with E-state index >= 15 is 0 Å². The summed E-state index contributed by atoms with van der Waals surface area (Å²) in [7, 11) is 2.17. The maximum atomic E-state index is 3.64. The highest BCUT2D eigenvalue weighted by Crippen LogP contribution is 2.31. The molecule has 2 nitrogen and oxygen atoms in total. The highest BCUT2D eigenvalue weighted by Gasteiger charge is 2.31. The Labute approximate surface area is 111 Å². The van der Waals surface area contributed by atoms with E-state index in [0.29, 0.717) is 5.54 Å². The summed E-state index contributed by atoms with van der Waals surface area (Å²) in [6, 6.07) is 0.784. The summed E-state index contributed by atoms with van der Waals surface area (Å²) in [5, 5.41) is 3.64. The summed E-state index contributed by atoms with van der Waals surface area (Å²) in [6.07, 6.45) is 8.41. The summed E-state index contributed by atoms with van der Waals surface area (Å²) < 4.78 is 0. The predicted octanol–water partition coefficient (Wildman–Crippen LogP) is 2.74. The number of thioether (sulfide) groups is 1. The van der Waals surface area contributed by atoms with Crippen molar-refractivity contribution >= 4 is 11.8 Å². The number of nitrogens with zero attached hydrogens (tertiary/aromatic N) is 1. The first-order valence-electron chi connectivity index (χ1n) is 7.26. The third kappa shape index (κ3) is 3.62. The molecule has 1 unspecified atom stereocenters. The van der Waals surface area contributed by atoms with Gasteiger partial charge in [0.2, 0.25) is 0 Å². The molecule has 1 saturated heterocycles. The highest BCUT2D eigenvalue weighted by molar-refractivity contribution is 7.99. The maximum absolute atomic E-state index is 3.64. The van der Waals surface area contributed by atoms with E-state index in [1.165, 1.54) is 63.1 Å². The van der Waals surface area contributed by atoms with Crippen molar-refractivity contribution in [1.82, 2.24) is 10.2 Å². The fourth-order valence-electron chi connectivity index (χ4n) is 3.30. The molecule has 0 aromatic rings. The fourth-order valence-corrected chi connectivity index (χ4v) is 4.39. The Morgan fingerprint density at radius 3 is 2.71 bits per heavy atom. The zero-order valence-corrected chi connectivity index (χ0v) is 12.3. The van der Waals surface area contributed by atoms with Gasteiger partial charge in [0.05, 0.1) is 0 Å². The van der Waals surface area contributed by atoms with Gasteiger partial charge in [0, 0.05) is 36.2 Å². The Kier molecular flexibility index (Phi) is 5.19. The minimum atomic E-state index is 0.461. The molecule has 0 spiro atoms. The Hall–Kier alpha value is 0.270. The monoisotopic (exact) mass is 256 g/mol. The molecule has 1 atom stereocenters. The van der Waals surface area contributed by atoms with Crippen LogP contribution in [-0.2, 0) is 0 Å². The van der Waals surface area contributed by atoms with Gasteiger partial charge in [0.1, 0.15) is 0 Å². The number of hydrogen-bond donors (Lipinski definition) is 1. The Morgan fingerprint density at radius 1 is 1.29 bits per heavy atom. The topological polar surface area (TPSA) is 15.3 Å². The Morgan fingerprint density at radius 2 is 2.06 bits per heavy atom. The quantitative estimate of drug-likeness (QED) is 0.832. The first kappa shape index (κ1) is 13.7. The molecule has 100 valence electrons. The van der Waals surface area contributed by atoms with Crippen molar-refractivity contribution < 1.29 is 0 Å². The van der Waals surface area contributed by atoms with E-state index in [1.807, 2.05) is 0 Å². The summed E-state index contributed by atoms with van der Waals surface area (Å²) in [6.45, 7) is 4.98. The lowest BCUT2D eigenvalue weighted by Gasteiger charge is -2.41. The van der Waals surface area contributed by atoms with E-state index in [0.717, 1.165) is 6.04 Å². The molecule has 0 aromatic carbocycles. The van der Waals surface area contributed by atoms with Gasteiger partial charge in [-0.1, -0.05) is 19.3 Å². The average molecular weight is 256 g/mol. The molecule has 1 aliphatic carbocycles. The molecular formula is C14H28N2S. The van der Waals surface area contributed by atoms with Crippen LogP contribution in [0.3, 0.4) is 0 Å². The van der Waals surface area contributed by atoms with Crippen LogP contribution in [0, 0.1) is 0 Å². The average Bonchev–Trinajstić information content (AvgIpc) is 2.39. The van der Waals surface area contributed by atoms with Gasteiger partial charge in [-0.2, -0.15) is 11.8 Å². The predicted molar refractivity (Wildman–Crippen MR) is 77.9 cm³/mol. The van der Waals surface area contributed by atoms with E-state index in [-0.39, 0.29) is 0 Å². The lowest BCUT2D eigenvalue weighted by atomic mass is 9.79. The van der Waals surface area contributed by atoms with Crippen LogP contribution in [0.5, 0.6) is 0 Å². The van der Waals surface area contributed by atoms with Gasteiger partial charge < -0.3 is 5.32 Å². The van der Waals surface area contributed by atoms with Crippen LogP contribution in [0.4, 0.5) is 0 Å². The Bertz CT molecular complexity index is 226. The molecule has 2 fully saturated rings. The van der Waals surface area contributed by atoms with Gasteiger partial charge in [-0.05, 0) is 33.2 Å². The number of nitrogens with one attached hydrogen (secondary N) is 1. The number of hydrogen-bond acceptors (Lipinski definition) is 3. The van der Waals surface area contributed by atoms with Gasteiger partial charge >= 0.3 is 0 Å². The second-order valence-corrected chi connectivity index (χ2v) is 6.95. The summed E-state index contributed by atoms with van der Waals surface area (Å²) in [5.74, 6) is 2.66. The van der Waals surface area contributed by atoms with E-state index in [9.17, 15) is 0 Å². The van der Waals surface area contributed by atoms with Crippen LogP contribution in [0.25, 0.3) is 0 Å². The second kappa shape index (κ2) is 6.44. The van der Waals surface area contributed by atoms with Crippen LogP contribution in [0.1, 0.15) is 45.4 Å². The zero-order valence-electron chi connectivity index (χ0n) is 11.5. The molecule has 0 bridgehead atoms. The minimum Gasteiger partial charge on any atom is -0.314 e. The molecule has 0 aromatic heterocycles. The third-order valence-electron chi connectivity index (χ3n) is 4.72. The van der Waals surface area contributed by atoms with Crippen molar-refractivity contribution in [1.29, 1.82) is 0 Å². The van der Waals surface area contributed by atoms with Gasteiger partial charge in [-0.25, -0.2) is 0 Å². The summed E-state index contributed by atoms with van der Waals surface area (Å²) in [5.41, 5.74) is 0.461. The molecule has 1 aliphatic heterocycles. The van der Waals surface area contributed by atoms with Gasteiger partial charge in [-0.3, -0.25) is 4.90 Å². The maximum Gasteiger partial charge on any atom is 0.0190 e. The van der Waals surface area contributed by atoms with E-state index in [2.05, 4.69) is 35.9 Å². The SMILES string of the molecule is CNC1(CCN2CCSCC2C)CCCCC1. The van der Waals surface area contributed by atoms with Crippen LogP contribution < -0.4 is 5.32 Å². The van der Waals surface area contributed by atoms with Crippen molar-refractivity contribution in [3.8, 4) is 0 Å². The molecule has 1 heterocycles. The Balaban J connectivity index is 1.82. The van der Waals surface area contributed by atoms with Crippen molar-refractivity contribution in [2.75, 3.05) is 31.6 Å². The molecule has 2 aliphatic rings. The van der Waals surface area contributed by atoms with Crippen molar-refractivity contribution in [3.63, 3.8) is 0 Å². The van der Waals surface area contributed by atoms with Crippen molar-refractivity contribution in [2.45, 2.75) is 57.0 Å². The molecule has 1 N–H and O–H groups in total. The van der Waals surface area contributed by atoms with Crippen LogP contribution >= 0.6 is 11.8 Å². The van der Waals surface area contributed by atoms with Crippen LogP contribution in [0.15, 0.2) is 0 Å². The second-order valence-electron chi connectivity index (χ2n) is 5.80. The molecule has 17 heavy (non-hydrogen) atoms. The molecule has 0 radical (unpaired) electrons. The molecule has 3 heteroatoms. The van der Waals surface area contributed by atoms with Gasteiger partial charge in [0.25, 0.3) is 0 Å². The van der Waals surface area contributed by atoms with Crippen molar-refractivity contribution in [3.05, 3.63) is 0 Å². The van der Waals surface area contributed by atoms with E-state index < -0.39 is 0 Å². The minimum absolute atomic E-state index is 0.461. The lowest BCUT2D eigenvalue weighted by Crippen LogP contribution is -2.49. The standard InChI is InChI=1S/C14H28N2S/c1-13-12-17-11-10-16(13)9-8-14(15-2)6-4-3-5-7-14/h13,15H,3-12H2,1-2H3. The van der Waals surface area contributed by atoms with Crippen LogP contribution in [-0.4, -0.2) is 48.1 Å². The lowest BCUT2D eigenvalue weighted by molar-refractivity contribution is 0.165. The normalized spacial score (nSPS) is 30.4. The van der Waals surface area contributed by atoms with Crippen LogP contribution in [0.2, 0.25) is 0 Å². The first-order valence-corrected chi connectivity index (χ1v) is 8.42. The fraction of sp³-hybridized carbons (Fsp3) is 1.00. The zero-order chi connectivity index (χ0) is 12.1. The summed E-state index contributed by atoms with van der Waals surface area (Å²) in [4.78, 5) is 2.70. The van der Waals surface area contributed by atoms with Gasteiger partial charge in [-0.15, -0.1) is 0 Å². The smallest absolute Gasteiger partial charge is 0.0190 e. The molecule has 2 rings (SSSR count). The molecular weight excluding hydrogens is 228 g/mol. The summed E-state index contributed by atoms with van der Waals surface area (Å²) >= 11 is 2.12. The largest absolute Gasteiger partial charge is 0.314 e.